The molecule has 0 aliphatic carbocycles. The molecule has 0 aromatic heterocycles. The summed E-state index contributed by atoms with van der Waals surface area (Å²) >= 11 is 0. The number of benzene rings is 2. The van der Waals surface area contributed by atoms with Gasteiger partial charge >= 0.3 is 0 Å². The van der Waals surface area contributed by atoms with E-state index in [1.807, 2.05) is 43.3 Å². The molecular weight excluding hydrogens is 282 g/mol. The molecule has 2 heteroatoms. The molecule has 0 spiro atoms. The SMILES string of the molecule is C[C@](O)(c1ccccc1)[C@@H](CN1CCCCC1)c1ccccc1. The molecule has 0 radical (unpaired) electrons. The van der Waals surface area contributed by atoms with Gasteiger partial charge in [-0.05, 0) is 44.0 Å². The van der Waals surface area contributed by atoms with Gasteiger partial charge in [0.05, 0.1) is 5.60 Å². The molecule has 0 amide bonds. The maximum Gasteiger partial charge on any atom is 0.0949 e. The average Bonchev–Trinajstić information content (AvgIpc) is 2.62. The smallest absolute Gasteiger partial charge is 0.0949 e. The van der Waals surface area contributed by atoms with Crippen LogP contribution in [0.25, 0.3) is 0 Å². The second-order valence-corrected chi connectivity index (χ2v) is 6.84. The lowest BCUT2D eigenvalue weighted by Crippen LogP contribution is -2.41. The summed E-state index contributed by atoms with van der Waals surface area (Å²) in [5.74, 6) is 0.0733. The molecule has 3 rings (SSSR count). The molecule has 1 fully saturated rings. The van der Waals surface area contributed by atoms with Crippen molar-refractivity contribution in [3.8, 4) is 0 Å². The van der Waals surface area contributed by atoms with Crippen LogP contribution in [0.2, 0.25) is 0 Å². The molecule has 2 nitrogen and oxygen atoms in total. The molecule has 1 aliphatic heterocycles. The van der Waals surface area contributed by atoms with Gasteiger partial charge in [-0.2, -0.15) is 0 Å². The highest BCUT2D eigenvalue weighted by molar-refractivity contribution is 5.31. The van der Waals surface area contributed by atoms with Crippen molar-refractivity contribution < 1.29 is 5.11 Å². The van der Waals surface area contributed by atoms with E-state index in [1.165, 1.54) is 24.8 Å². The van der Waals surface area contributed by atoms with E-state index in [0.29, 0.717) is 0 Å². The minimum atomic E-state index is -0.875. The highest BCUT2D eigenvalue weighted by Gasteiger charge is 2.36. The van der Waals surface area contributed by atoms with Gasteiger partial charge in [0.15, 0.2) is 0 Å². The Morgan fingerprint density at radius 1 is 0.913 bits per heavy atom. The second-order valence-electron chi connectivity index (χ2n) is 6.84. The van der Waals surface area contributed by atoms with Gasteiger partial charge in [0.2, 0.25) is 0 Å². The van der Waals surface area contributed by atoms with E-state index >= 15 is 0 Å². The Bertz CT molecular complexity index is 588. The van der Waals surface area contributed by atoms with E-state index in [2.05, 4.69) is 29.2 Å². The molecule has 1 saturated heterocycles. The van der Waals surface area contributed by atoms with Crippen molar-refractivity contribution in [1.29, 1.82) is 0 Å². The van der Waals surface area contributed by atoms with E-state index < -0.39 is 5.60 Å². The first-order chi connectivity index (χ1) is 11.2. The van der Waals surface area contributed by atoms with Gasteiger partial charge in [0.25, 0.3) is 0 Å². The lowest BCUT2D eigenvalue weighted by Gasteiger charge is -2.38. The lowest BCUT2D eigenvalue weighted by atomic mass is 9.78. The van der Waals surface area contributed by atoms with Crippen LogP contribution < -0.4 is 0 Å². The van der Waals surface area contributed by atoms with Crippen LogP contribution >= 0.6 is 0 Å². The van der Waals surface area contributed by atoms with Crippen molar-refractivity contribution in [3.05, 3.63) is 71.8 Å². The summed E-state index contributed by atoms with van der Waals surface area (Å²) in [5.41, 5.74) is 1.33. The van der Waals surface area contributed by atoms with Crippen LogP contribution in [0.4, 0.5) is 0 Å². The number of aliphatic hydroxyl groups is 1. The van der Waals surface area contributed by atoms with Crippen molar-refractivity contribution in [2.24, 2.45) is 0 Å². The van der Waals surface area contributed by atoms with Crippen molar-refractivity contribution in [2.45, 2.75) is 37.7 Å². The topological polar surface area (TPSA) is 23.5 Å². The van der Waals surface area contributed by atoms with Gasteiger partial charge in [-0.1, -0.05) is 67.1 Å². The van der Waals surface area contributed by atoms with Gasteiger partial charge in [-0.15, -0.1) is 0 Å². The number of hydrogen-bond donors (Lipinski definition) is 1. The van der Waals surface area contributed by atoms with E-state index in [4.69, 9.17) is 0 Å². The fraction of sp³-hybridized carbons (Fsp3) is 0.429. The van der Waals surface area contributed by atoms with Gasteiger partial charge < -0.3 is 10.0 Å². The maximum atomic E-state index is 11.4. The van der Waals surface area contributed by atoms with Crippen LogP contribution in [-0.4, -0.2) is 29.6 Å². The third-order valence-corrected chi connectivity index (χ3v) is 5.13. The van der Waals surface area contributed by atoms with E-state index in [-0.39, 0.29) is 5.92 Å². The Kier molecular flexibility index (Phi) is 5.14. The van der Waals surface area contributed by atoms with Gasteiger partial charge in [0, 0.05) is 12.5 Å². The highest BCUT2D eigenvalue weighted by Crippen LogP contribution is 2.37. The lowest BCUT2D eigenvalue weighted by molar-refractivity contribution is 0.0107. The minimum Gasteiger partial charge on any atom is -0.385 e. The van der Waals surface area contributed by atoms with E-state index in [0.717, 1.165) is 25.2 Å². The van der Waals surface area contributed by atoms with Gasteiger partial charge in [-0.3, -0.25) is 0 Å². The highest BCUT2D eigenvalue weighted by atomic mass is 16.3. The van der Waals surface area contributed by atoms with Crippen molar-refractivity contribution >= 4 is 0 Å². The Labute approximate surface area is 139 Å². The molecule has 1 N–H and O–H groups in total. The summed E-state index contributed by atoms with van der Waals surface area (Å²) in [4.78, 5) is 2.51. The predicted octanol–water partition coefficient (Wildman–Crippen LogP) is 4.16. The second kappa shape index (κ2) is 7.29. The number of nitrogens with zero attached hydrogens (tertiary/aromatic N) is 1. The van der Waals surface area contributed by atoms with Crippen LogP contribution in [0.3, 0.4) is 0 Å². The molecule has 2 aromatic rings. The zero-order valence-corrected chi connectivity index (χ0v) is 14.0. The third kappa shape index (κ3) is 3.82. The summed E-state index contributed by atoms with van der Waals surface area (Å²) in [6.07, 6.45) is 3.88. The summed E-state index contributed by atoms with van der Waals surface area (Å²) < 4.78 is 0. The van der Waals surface area contributed by atoms with Gasteiger partial charge in [0.1, 0.15) is 0 Å². The Hall–Kier alpha value is -1.64. The zero-order valence-electron chi connectivity index (χ0n) is 14.0. The van der Waals surface area contributed by atoms with Crippen molar-refractivity contribution in [1.82, 2.24) is 4.90 Å². The maximum absolute atomic E-state index is 11.4. The monoisotopic (exact) mass is 309 g/mol. The third-order valence-electron chi connectivity index (χ3n) is 5.13. The van der Waals surface area contributed by atoms with Crippen LogP contribution in [-0.2, 0) is 5.60 Å². The number of rotatable bonds is 5. The average molecular weight is 309 g/mol. The summed E-state index contributed by atoms with van der Waals surface area (Å²) in [6.45, 7) is 5.16. The van der Waals surface area contributed by atoms with Crippen LogP contribution in [0, 0.1) is 0 Å². The molecule has 2 aromatic carbocycles. The van der Waals surface area contributed by atoms with Crippen molar-refractivity contribution in [2.75, 3.05) is 19.6 Å². The Morgan fingerprint density at radius 2 is 1.48 bits per heavy atom. The molecule has 1 heterocycles. The van der Waals surface area contributed by atoms with E-state index in [9.17, 15) is 5.11 Å². The van der Waals surface area contributed by atoms with Crippen LogP contribution in [0.15, 0.2) is 60.7 Å². The Balaban J connectivity index is 1.91. The summed E-state index contributed by atoms with van der Waals surface area (Å²) in [6, 6.07) is 20.6. The molecule has 1 aliphatic rings. The normalized spacial score (nSPS) is 19.9. The molecule has 0 bridgehead atoms. The van der Waals surface area contributed by atoms with Crippen molar-refractivity contribution in [3.63, 3.8) is 0 Å². The molecule has 0 saturated carbocycles. The number of hydrogen-bond acceptors (Lipinski definition) is 2. The largest absolute Gasteiger partial charge is 0.385 e. The first-order valence-electron chi connectivity index (χ1n) is 8.73. The zero-order chi connectivity index (χ0) is 16.1. The molecular formula is C21H27NO. The summed E-state index contributed by atoms with van der Waals surface area (Å²) in [5, 5.41) is 11.4. The molecule has 0 unspecified atom stereocenters. The molecule has 23 heavy (non-hydrogen) atoms. The molecule has 122 valence electrons. The predicted molar refractivity (Wildman–Crippen MR) is 95.5 cm³/mol. The number of likely N-dealkylation sites (tertiary alicyclic amines) is 1. The summed E-state index contributed by atoms with van der Waals surface area (Å²) in [7, 11) is 0. The van der Waals surface area contributed by atoms with E-state index in [1.54, 1.807) is 0 Å². The fourth-order valence-corrected chi connectivity index (χ4v) is 3.67. The minimum absolute atomic E-state index is 0.0733. The first-order valence-corrected chi connectivity index (χ1v) is 8.73. The van der Waals surface area contributed by atoms with Gasteiger partial charge in [-0.25, -0.2) is 0 Å². The first kappa shape index (κ1) is 16.2. The standard InChI is InChI=1S/C21H27NO/c1-21(23,19-13-7-3-8-14-19)20(18-11-5-2-6-12-18)17-22-15-9-4-10-16-22/h2-3,5-8,11-14,20,23H,4,9-10,15-17H2,1H3/t20-,21-/m0/s1. The molecule has 2 atom stereocenters. The Morgan fingerprint density at radius 3 is 2.09 bits per heavy atom. The van der Waals surface area contributed by atoms with Crippen LogP contribution in [0.1, 0.15) is 43.2 Å². The number of piperidine rings is 1. The fourth-order valence-electron chi connectivity index (χ4n) is 3.67. The quantitative estimate of drug-likeness (QED) is 0.896. The van der Waals surface area contributed by atoms with Crippen LogP contribution in [0.5, 0.6) is 0 Å².